The molecule has 1 unspecified atom stereocenters. The van der Waals surface area contributed by atoms with Crippen molar-refractivity contribution >= 4 is 17.2 Å². The summed E-state index contributed by atoms with van der Waals surface area (Å²) in [6.07, 6.45) is 7.70. The van der Waals surface area contributed by atoms with Crippen LogP contribution in [0.1, 0.15) is 18.4 Å². The van der Waals surface area contributed by atoms with Gasteiger partial charge in [-0.3, -0.25) is 0 Å². The molecule has 0 saturated heterocycles. The van der Waals surface area contributed by atoms with Gasteiger partial charge in [0.15, 0.2) is 0 Å². The van der Waals surface area contributed by atoms with Gasteiger partial charge in [-0.1, -0.05) is 6.08 Å². The van der Waals surface area contributed by atoms with E-state index in [0.29, 0.717) is 0 Å². The molecule has 0 N–H and O–H groups in total. The first kappa shape index (κ1) is 6.99. The molecule has 0 spiro atoms. The molecule has 0 bridgehead atoms. The summed E-state index contributed by atoms with van der Waals surface area (Å²) < 4.78 is 4.98. The second kappa shape index (κ2) is 2.74. The predicted molar refractivity (Wildman–Crippen MR) is 45.6 cm³/mol. The maximum atomic E-state index is 5.92. The molecule has 1 aromatic heterocycles. The molecule has 1 heterocycles. The molecule has 0 fully saturated rings. The van der Waals surface area contributed by atoms with Crippen molar-refractivity contribution in [1.29, 1.82) is 0 Å². The van der Waals surface area contributed by atoms with Gasteiger partial charge in [0.05, 0.1) is 17.9 Å². The first-order valence-electron chi connectivity index (χ1n) is 3.73. The van der Waals surface area contributed by atoms with Gasteiger partial charge in [0, 0.05) is 5.56 Å². The van der Waals surface area contributed by atoms with E-state index < -0.39 is 0 Å². The molecule has 0 amide bonds. The Hall–Kier alpha value is -0.690. The molecule has 1 atom stereocenters. The first-order chi connectivity index (χ1) is 5.36. The van der Waals surface area contributed by atoms with E-state index in [1.54, 1.807) is 12.5 Å². The van der Waals surface area contributed by atoms with Crippen molar-refractivity contribution < 1.29 is 4.42 Å². The zero-order chi connectivity index (χ0) is 7.68. The third-order valence-corrected chi connectivity index (χ3v) is 2.31. The van der Waals surface area contributed by atoms with Crippen molar-refractivity contribution in [2.45, 2.75) is 18.2 Å². The molecule has 0 aromatic carbocycles. The molecule has 2 rings (SSSR count). The van der Waals surface area contributed by atoms with Crippen LogP contribution in [0.25, 0.3) is 5.57 Å². The Kier molecular flexibility index (Phi) is 1.74. The van der Waals surface area contributed by atoms with Crippen LogP contribution >= 0.6 is 11.6 Å². The molecule has 0 radical (unpaired) electrons. The lowest BCUT2D eigenvalue weighted by molar-refractivity contribution is 0.566. The number of rotatable bonds is 1. The number of halogens is 1. The lowest BCUT2D eigenvalue weighted by Gasteiger charge is -1.92. The molecule has 58 valence electrons. The highest BCUT2D eigenvalue weighted by atomic mass is 35.5. The number of allylic oxidation sites excluding steroid dienone is 2. The second-order valence-electron chi connectivity index (χ2n) is 2.76. The van der Waals surface area contributed by atoms with Gasteiger partial charge >= 0.3 is 0 Å². The first-order valence-corrected chi connectivity index (χ1v) is 4.17. The van der Waals surface area contributed by atoms with Gasteiger partial charge in [-0.05, 0) is 24.5 Å². The maximum Gasteiger partial charge on any atom is 0.0977 e. The Morgan fingerprint density at radius 1 is 1.55 bits per heavy atom. The highest BCUT2D eigenvalue weighted by Crippen LogP contribution is 2.30. The van der Waals surface area contributed by atoms with E-state index in [4.69, 9.17) is 16.0 Å². The van der Waals surface area contributed by atoms with Crippen LogP contribution in [-0.4, -0.2) is 5.38 Å². The zero-order valence-corrected chi connectivity index (χ0v) is 6.84. The van der Waals surface area contributed by atoms with Gasteiger partial charge in [-0.15, -0.1) is 11.6 Å². The minimum atomic E-state index is 0.222. The summed E-state index contributed by atoms with van der Waals surface area (Å²) in [5.74, 6) is 0. The average molecular weight is 169 g/mol. The van der Waals surface area contributed by atoms with Crippen molar-refractivity contribution in [3.05, 3.63) is 30.2 Å². The van der Waals surface area contributed by atoms with E-state index >= 15 is 0 Å². The van der Waals surface area contributed by atoms with E-state index in [1.807, 2.05) is 6.07 Å². The number of furan rings is 1. The van der Waals surface area contributed by atoms with Crippen LogP contribution in [0.4, 0.5) is 0 Å². The molecule has 1 nitrogen and oxygen atoms in total. The normalized spacial score (nSPS) is 23.7. The highest BCUT2D eigenvalue weighted by molar-refractivity contribution is 6.22. The standard InChI is InChI=1S/C9H9ClO/c10-9-2-1-7(5-9)8-3-4-11-6-8/h3-6,9H,1-2H2. The van der Waals surface area contributed by atoms with E-state index in [0.717, 1.165) is 12.8 Å². The van der Waals surface area contributed by atoms with Crippen molar-refractivity contribution in [1.82, 2.24) is 0 Å². The molecule has 11 heavy (non-hydrogen) atoms. The molecule has 1 aliphatic rings. The summed E-state index contributed by atoms with van der Waals surface area (Å²) in [6, 6.07) is 1.97. The monoisotopic (exact) mass is 168 g/mol. The third-order valence-electron chi connectivity index (χ3n) is 1.96. The van der Waals surface area contributed by atoms with Gasteiger partial charge in [0.25, 0.3) is 0 Å². The number of alkyl halides is 1. The second-order valence-corrected chi connectivity index (χ2v) is 3.32. The molecule has 0 saturated carbocycles. The predicted octanol–water partition coefficient (Wildman–Crippen LogP) is 3.06. The Morgan fingerprint density at radius 2 is 2.45 bits per heavy atom. The van der Waals surface area contributed by atoms with Crippen LogP contribution in [-0.2, 0) is 0 Å². The lowest BCUT2D eigenvalue weighted by Crippen LogP contribution is -1.81. The summed E-state index contributed by atoms with van der Waals surface area (Å²) in [5.41, 5.74) is 2.49. The van der Waals surface area contributed by atoms with Crippen molar-refractivity contribution in [3.63, 3.8) is 0 Å². The minimum absolute atomic E-state index is 0.222. The summed E-state index contributed by atoms with van der Waals surface area (Å²) in [4.78, 5) is 0. The fourth-order valence-corrected chi connectivity index (χ4v) is 1.63. The number of hydrogen-bond donors (Lipinski definition) is 0. The van der Waals surface area contributed by atoms with Crippen LogP contribution in [0, 0.1) is 0 Å². The highest BCUT2D eigenvalue weighted by Gasteiger charge is 2.14. The quantitative estimate of drug-likeness (QED) is 0.588. The van der Waals surface area contributed by atoms with Crippen LogP contribution in [0.2, 0.25) is 0 Å². The Morgan fingerprint density at radius 3 is 3.00 bits per heavy atom. The van der Waals surface area contributed by atoms with Crippen LogP contribution in [0.15, 0.2) is 29.1 Å². The van der Waals surface area contributed by atoms with Crippen LogP contribution < -0.4 is 0 Å². The van der Waals surface area contributed by atoms with Crippen LogP contribution in [0.3, 0.4) is 0 Å². The average Bonchev–Trinajstić information content (AvgIpc) is 2.55. The van der Waals surface area contributed by atoms with E-state index in [-0.39, 0.29) is 5.38 Å². The minimum Gasteiger partial charge on any atom is -0.472 e. The van der Waals surface area contributed by atoms with Gasteiger partial charge in [-0.25, -0.2) is 0 Å². The van der Waals surface area contributed by atoms with Gasteiger partial charge in [0.1, 0.15) is 0 Å². The Balaban J connectivity index is 2.25. The van der Waals surface area contributed by atoms with Crippen molar-refractivity contribution in [2.24, 2.45) is 0 Å². The summed E-state index contributed by atoms with van der Waals surface area (Å²) in [6.45, 7) is 0. The SMILES string of the molecule is ClC1C=C(c2ccoc2)CC1. The third kappa shape index (κ3) is 1.33. The molecular weight excluding hydrogens is 160 g/mol. The summed E-state index contributed by atoms with van der Waals surface area (Å²) >= 11 is 5.92. The smallest absolute Gasteiger partial charge is 0.0977 e. The van der Waals surface area contributed by atoms with Crippen LogP contribution in [0.5, 0.6) is 0 Å². The molecule has 1 aliphatic carbocycles. The maximum absolute atomic E-state index is 5.92. The fraction of sp³-hybridized carbons (Fsp3) is 0.333. The Labute approximate surface area is 70.7 Å². The molecule has 0 aliphatic heterocycles. The lowest BCUT2D eigenvalue weighted by atomic mass is 10.1. The van der Waals surface area contributed by atoms with E-state index in [9.17, 15) is 0 Å². The van der Waals surface area contributed by atoms with E-state index in [1.165, 1.54) is 11.1 Å². The zero-order valence-electron chi connectivity index (χ0n) is 6.09. The van der Waals surface area contributed by atoms with Gasteiger partial charge in [0.2, 0.25) is 0 Å². The molecular formula is C9H9ClO. The van der Waals surface area contributed by atoms with Crippen molar-refractivity contribution in [3.8, 4) is 0 Å². The number of hydrogen-bond acceptors (Lipinski definition) is 1. The molecule has 1 aromatic rings. The topological polar surface area (TPSA) is 13.1 Å². The molecule has 2 heteroatoms. The Bertz CT molecular complexity index is 261. The summed E-state index contributed by atoms with van der Waals surface area (Å²) in [5, 5.41) is 0.222. The van der Waals surface area contributed by atoms with E-state index in [2.05, 4.69) is 6.08 Å². The van der Waals surface area contributed by atoms with Crippen molar-refractivity contribution in [2.75, 3.05) is 0 Å². The summed E-state index contributed by atoms with van der Waals surface area (Å²) in [7, 11) is 0. The van der Waals surface area contributed by atoms with Gasteiger partial charge < -0.3 is 4.42 Å². The largest absolute Gasteiger partial charge is 0.472 e. The van der Waals surface area contributed by atoms with Gasteiger partial charge in [-0.2, -0.15) is 0 Å². The fourth-order valence-electron chi connectivity index (χ4n) is 1.37.